The predicted molar refractivity (Wildman–Crippen MR) is 110 cm³/mol. The van der Waals surface area contributed by atoms with Crippen molar-refractivity contribution in [2.24, 2.45) is 5.92 Å². The molecule has 1 saturated carbocycles. The molecule has 3 fully saturated rings. The molecule has 0 bridgehead atoms. The second-order valence-electron chi connectivity index (χ2n) is 9.44. The predicted octanol–water partition coefficient (Wildman–Crippen LogP) is 3.15. The summed E-state index contributed by atoms with van der Waals surface area (Å²) in [7, 11) is 0. The highest BCUT2D eigenvalue weighted by atomic mass is 19.1. The molecule has 4 rings (SSSR count). The minimum atomic E-state index is -0.476. The van der Waals surface area contributed by atoms with E-state index in [1.54, 1.807) is 23.1 Å². The van der Waals surface area contributed by atoms with Crippen molar-refractivity contribution < 1.29 is 14.0 Å². The van der Waals surface area contributed by atoms with Crippen LogP contribution in [0.1, 0.15) is 56.3 Å². The summed E-state index contributed by atoms with van der Waals surface area (Å²) in [5.74, 6) is -0.273. The molecule has 1 aromatic carbocycles. The van der Waals surface area contributed by atoms with Gasteiger partial charge in [-0.05, 0) is 38.8 Å². The molecule has 29 heavy (non-hydrogen) atoms. The maximum Gasteiger partial charge on any atom is 0.256 e. The van der Waals surface area contributed by atoms with Crippen molar-refractivity contribution in [3.63, 3.8) is 0 Å². The molecule has 1 unspecified atom stereocenters. The Kier molecular flexibility index (Phi) is 5.65. The molecule has 158 valence electrons. The van der Waals surface area contributed by atoms with Crippen LogP contribution < -0.4 is 0 Å². The van der Waals surface area contributed by atoms with Crippen LogP contribution >= 0.6 is 0 Å². The minimum absolute atomic E-state index is 0.0933. The van der Waals surface area contributed by atoms with Gasteiger partial charge in [-0.15, -0.1) is 0 Å². The number of rotatable bonds is 2. The molecule has 2 amide bonds. The number of fused-ring (bicyclic) bond motifs is 1. The van der Waals surface area contributed by atoms with E-state index in [4.69, 9.17) is 0 Å². The quantitative estimate of drug-likeness (QED) is 0.765. The smallest absolute Gasteiger partial charge is 0.256 e. The van der Waals surface area contributed by atoms with Gasteiger partial charge in [-0.1, -0.05) is 31.4 Å². The summed E-state index contributed by atoms with van der Waals surface area (Å²) >= 11 is 0. The summed E-state index contributed by atoms with van der Waals surface area (Å²) in [4.78, 5) is 32.3. The van der Waals surface area contributed by atoms with Gasteiger partial charge in [0.05, 0.1) is 5.56 Å². The van der Waals surface area contributed by atoms with Crippen LogP contribution in [0.4, 0.5) is 4.39 Å². The van der Waals surface area contributed by atoms with E-state index in [1.165, 1.54) is 12.5 Å². The molecule has 0 radical (unpaired) electrons. The molecule has 1 atom stereocenters. The van der Waals surface area contributed by atoms with Crippen molar-refractivity contribution in [1.29, 1.82) is 0 Å². The van der Waals surface area contributed by atoms with Gasteiger partial charge in [-0.2, -0.15) is 0 Å². The zero-order valence-electron chi connectivity index (χ0n) is 17.6. The van der Waals surface area contributed by atoms with E-state index in [1.807, 2.05) is 4.90 Å². The van der Waals surface area contributed by atoms with Gasteiger partial charge in [0.1, 0.15) is 5.82 Å². The zero-order chi connectivity index (χ0) is 20.6. The fourth-order valence-corrected chi connectivity index (χ4v) is 5.45. The molecule has 0 N–H and O–H groups in total. The summed E-state index contributed by atoms with van der Waals surface area (Å²) < 4.78 is 14.2. The van der Waals surface area contributed by atoms with Crippen molar-refractivity contribution in [3.8, 4) is 0 Å². The Morgan fingerprint density at radius 3 is 2.41 bits per heavy atom. The van der Waals surface area contributed by atoms with Gasteiger partial charge in [0, 0.05) is 50.2 Å². The molecule has 0 aromatic heterocycles. The van der Waals surface area contributed by atoms with E-state index >= 15 is 0 Å². The van der Waals surface area contributed by atoms with E-state index in [2.05, 4.69) is 18.7 Å². The van der Waals surface area contributed by atoms with Crippen molar-refractivity contribution in [3.05, 3.63) is 35.6 Å². The number of halogens is 1. The van der Waals surface area contributed by atoms with Gasteiger partial charge in [-0.3, -0.25) is 14.5 Å². The summed E-state index contributed by atoms with van der Waals surface area (Å²) in [5, 5.41) is 0. The molecule has 2 aliphatic heterocycles. The Morgan fingerprint density at radius 2 is 1.69 bits per heavy atom. The summed E-state index contributed by atoms with van der Waals surface area (Å²) in [6, 6.07) is 6.28. The van der Waals surface area contributed by atoms with Gasteiger partial charge in [0.2, 0.25) is 5.91 Å². The minimum Gasteiger partial charge on any atom is -0.340 e. The fraction of sp³-hybridized carbons (Fsp3) is 0.652. The fourth-order valence-electron chi connectivity index (χ4n) is 5.45. The van der Waals surface area contributed by atoms with Gasteiger partial charge >= 0.3 is 0 Å². The highest BCUT2D eigenvalue weighted by molar-refractivity contribution is 5.94. The van der Waals surface area contributed by atoms with Gasteiger partial charge in [-0.25, -0.2) is 4.39 Å². The molecular weight excluding hydrogens is 369 g/mol. The zero-order valence-corrected chi connectivity index (χ0v) is 17.6. The lowest BCUT2D eigenvalue weighted by molar-refractivity contribution is -0.143. The molecule has 3 aliphatic rings. The molecule has 2 saturated heterocycles. The first kappa shape index (κ1) is 20.3. The highest BCUT2D eigenvalue weighted by Crippen LogP contribution is 2.31. The van der Waals surface area contributed by atoms with Crippen molar-refractivity contribution in [1.82, 2.24) is 14.7 Å². The number of nitrogens with zero attached hydrogens (tertiary/aromatic N) is 3. The Morgan fingerprint density at radius 1 is 1.00 bits per heavy atom. The van der Waals surface area contributed by atoms with Crippen LogP contribution in [0.25, 0.3) is 0 Å². The largest absolute Gasteiger partial charge is 0.340 e. The van der Waals surface area contributed by atoms with Crippen LogP contribution in [0.3, 0.4) is 0 Å². The van der Waals surface area contributed by atoms with E-state index in [0.717, 1.165) is 38.8 Å². The third-order valence-corrected chi connectivity index (χ3v) is 6.93. The Balaban J connectivity index is 1.49. The summed E-state index contributed by atoms with van der Waals surface area (Å²) in [6.07, 6.45) is 5.55. The topological polar surface area (TPSA) is 43.9 Å². The third kappa shape index (κ3) is 4.04. The normalized spacial score (nSPS) is 25.6. The van der Waals surface area contributed by atoms with E-state index in [0.29, 0.717) is 25.5 Å². The number of carbonyl (C=O) groups is 2. The Hall–Kier alpha value is -1.95. The highest BCUT2D eigenvalue weighted by Gasteiger charge is 2.45. The second-order valence-corrected chi connectivity index (χ2v) is 9.44. The average molecular weight is 402 g/mol. The van der Waals surface area contributed by atoms with Crippen LogP contribution in [0, 0.1) is 11.7 Å². The summed E-state index contributed by atoms with van der Waals surface area (Å²) in [6.45, 7) is 7.62. The Labute approximate surface area is 172 Å². The van der Waals surface area contributed by atoms with Gasteiger partial charge in [0.15, 0.2) is 0 Å². The maximum absolute atomic E-state index is 14.2. The maximum atomic E-state index is 14.2. The number of hydrogen-bond acceptors (Lipinski definition) is 3. The molecule has 1 aliphatic carbocycles. The van der Waals surface area contributed by atoms with Crippen molar-refractivity contribution in [2.45, 2.75) is 57.5 Å². The van der Waals surface area contributed by atoms with Gasteiger partial charge in [0.25, 0.3) is 5.91 Å². The lowest BCUT2D eigenvalue weighted by Gasteiger charge is -2.55. The van der Waals surface area contributed by atoms with Gasteiger partial charge < -0.3 is 9.80 Å². The Bertz CT molecular complexity index is 775. The number of hydrogen-bond donors (Lipinski definition) is 0. The first-order chi connectivity index (χ1) is 13.9. The third-order valence-electron chi connectivity index (χ3n) is 6.93. The molecule has 1 aromatic rings. The van der Waals surface area contributed by atoms with Crippen LogP contribution in [0.5, 0.6) is 0 Å². The SMILES string of the molecule is CC1(C)CN(C(=O)c2ccccc2F)CC2CN(C(=O)C3CCCCC3)CCN21. The number of benzene rings is 1. The first-order valence-electron chi connectivity index (χ1n) is 11.0. The molecule has 0 spiro atoms. The van der Waals surface area contributed by atoms with Crippen molar-refractivity contribution >= 4 is 11.8 Å². The lowest BCUT2D eigenvalue weighted by atomic mass is 9.87. The number of amides is 2. The molecular formula is C23H32FN3O2. The van der Waals surface area contributed by atoms with Crippen LogP contribution in [-0.2, 0) is 4.79 Å². The average Bonchev–Trinajstić information content (AvgIpc) is 2.72. The number of carbonyl (C=O) groups excluding carboxylic acids is 2. The monoisotopic (exact) mass is 401 g/mol. The van der Waals surface area contributed by atoms with E-state index in [-0.39, 0.29) is 29.0 Å². The first-order valence-corrected chi connectivity index (χ1v) is 11.0. The molecule has 6 heteroatoms. The molecule has 2 heterocycles. The molecule has 5 nitrogen and oxygen atoms in total. The summed E-state index contributed by atoms with van der Waals surface area (Å²) in [5.41, 5.74) is -0.0771. The second kappa shape index (κ2) is 8.05. The van der Waals surface area contributed by atoms with Crippen LogP contribution in [0.2, 0.25) is 0 Å². The van der Waals surface area contributed by atoms with E-state index < -0.39 is 5.82 Å². The van der Waals surface area contributed by atoms with Crippen LogP contribution in [0.15, 0.2) is 24.3 Å². The lowest BCUT2D eigenvalue weighted by Crippen LogP contribution is -2.71. The standard InChI is InChI=1S/C23H32FN3O2/c1-23(2)16-26(22(29)19-10-6-7-11-20(19)24)15-18-14-25(12-13-27(18)23)21(28)17-8-4-3-5-9-17/h6-7,10-11,17-18H,3-5,8-9,12-16H2,1-2H3. The van der Waals surface area contributed by atoms with E-state index in [9.17, 15) is 14.0 Å². The number of piperazine rings is 2. The van der Waals surface area contributed by atoms with Crippen LogP contribution in [-0.4, -0.2) is 70.8 Å². The van der Waals surface area contributed by atoms with Crippen molar-refractivity contribution in [2.75, 3.05) is 32.7 Å².